The van der Waals surface area contributed by atoms with E-state index in [-0.39, 0.29) is 70.4 Å². The van der Waals surface area contributed by atoms with Crippen molar-refractivity contribution in [1.82, 2.24) is 34.0 Å². The van der Waals surface area contributed by atoms with Gasteiger partial charge in [0, 0.05) is 92.1 Å². The Labute approximate surface area is 284 Å². The van der Waals surface area contributed by atoms with E-state index >= 15 is 13.2 Å². The van der Waals surface area contributed by atoms with Crippen LogP contribution >= 0.6 is 11.8 Å². The maximum Gasteiger partial charge on any atom is 0.417 e. The van der Waals surface area contributed by atoms with Crippen LogP contribution in [0, 0.1) is 5.82 Å². The van der Waals surface area contributed by atoms with Crippen molar-refractivity contribution in [2.45, 2.75) is 43.0 Å². The molecule has 1 unspecified atom stereocenters. The Bertz CT molecular complexity index is 2040. The number of carbonyl (C=O) groups is 1. The van der Waals surface area contributed by atoms with E-state index in [4.69, 9.17) is 0 Å². The van der Waals surface area contributed by atoms with E-state index in [1.807, 2.05) is 18.7 Å². The molecule has 260 valence electrons. The first-order chi connectivity index (χ1) is 23.3. The lowest BCUT2D eigenvalue weighted by Gasteiger charge is -2.45. The summed E-state index contributed by atoms with van der Waals surface area (Å²) in [6, 6.07) is 2.63. The molecule has 15 heteroatoms. The number of piperazine rings is 2. The van der Waals surface area contributed by atoms with E-state index in [2.05, 4.69) is 33.5 Å². The lowest BCUT2D eigenvalue weighted by molar-refractivity contribution is -0.137. The number of fused-ring (bicyclic) bond motifs is 1. The van der Waals surface area contributed by atoms with Gasteiger partial charge in [0.05, 0.1) is 34.2 Å². The monoisotopic (exact) mass is 698 g/mol. The molecule has 3 aliphatic heterocycles. The summed E-state index contributed by atoms with van der Waals surface area (Å²) in [5.41, 5.74) is -0.745. The number of hydrogen-bond acceptors (Lipinski definition) is 8. The molecule has 0 saturated carbocycles. The van der Waals surface area contributed by atoms with E-state index in [1.54, 1.807) is 16.5 Å². The maximum atomic E-state index is 15.3. The average Bonchev–Trinajstić information content (AvgIpc) is 3.46. The summed E-state index contributed by atoms with van der Waals surface area (Å²) >= 11 is 1.29. The third-order valence-electron chi connectivity index (χ3n) is 10.1. The molecule has 5 heterocycles. The van der Waals surface area contributed by atoms with Gasteiger partial charge in [-0.3, -0.25) is 18.9 Å². The minimum atomic E-state index is -4.80. The van der Waals surface area contributed by atoms with Crippen molar-refractivity contribution in [2.24, 2.45) is 7.05 Å². The minimum Gasteiger partial charge on any atom is -0.349 e. The number of amides is 1. The van der Waals surface area contributed by atoms with Gasteiger partial charge in [0.1, 0.15) is 11.6 Å². The Kier molecular flexibility index (Phi) is 8.51. The summed E-state index contributed by atoms with van der Waals surface area (Å²) in [6.07, 6.45) is -2.25. The average molecular weight is 699 g/mol. The number of aryl methyl sites for hydroxylation is 1. The van der Waals surface area contributed by atoms with E-state index in [1.165, 1.54) is 34.8 Å². The number of alkyl halides is 3. The van der Waals surface area contributed by atoms with Crippen molar-refractivity contribution in [3.63, 3.8) is 0 Å². The normalized spacial score (nSPS) is 22.3. The fraction of sp³-hybridized carbons (Fsp3) is 0.471. The number of thioether (sulfide) groups is 1. The minimum absolute atomic E-state index is 0.107. The van der Waals surface area contributed by atoms with Gasteiger partial charge in [-0.15, -0.1) is 11.8 Å². The molecule has 3 aliphatic rings. The molecule has 2 aromatic carbocycles. The Morgan fingerprint density at radius 3 is 2.49 bits per heavy atom. The first-order valence-electron chi connectivity index (χ1n) is 16.3. The second kappa shape index (κ2) is 12.4. The van der Waals surface area contributed by atoms with Gasteiger partial charge in [0.2, 0.25) is 5.91 Å². The number of rotatable bonds is 5. The van der Waals surface area contributed by atoms with E-state index in [9.17, 15) is 14.0 Å². The summed E-state index contributed by atoms with van der Waals surface area (Å²) in [5.74, 6) is -0.313. The third kappa shape index (κ3) is 5.69. The first-order valence-corrected chi connectivity index (χ1v) is 17.3. The molecule has 2 saturated heterocycles. The largest absolute Gasteiger partial charge is 0.417 e. The predicted octanol–water partition coefficient (Wildman–Crippen LogP) is 4.61. The molecular formula is C34H38F4N8O2S. The van der Waals surface area contributed by atoms with Gasteiger partial charge in [-0.25, -0.2) is 9.18 Å². The summed E-state index contributed by atoms with van der Waals surface area (Å²) in [7, 11) is 3.63. The standard InChI is InChI=1S/C34H38F4N8O2S/c1-6-27(47)44-15-20(3)45(16-19(44)2)32-23-13-25(34(36,37)38)28(22-7-8-26(35)24-14-39-42(5)29(22)24)31-30(23)46(33(48)40-32)21(18-49-31)17-43-11-9-41(4)10-12-43/h6-8,13-14,19-21H,1,9-12,15-18H2,2-5H3/t19-,20+,21?/m1/s1. The second-order valence-corrected chi connectivity index (χ2v) is 14.4. The van der Waals surface area contributed by atoms with Gasteiger partial charge in [-0.05, 0) is 45.2 Å². The van der Waals surface area contributed by atoms with Crippen LogP contribution in [0.1, 0.15) is 25.5 Å². The van der Waals surface area contributed by atoms with Crippen LogP contribution in [-0.4, -0.2) is 111 Å². The number of aromatic nitrogens is 4. The summed E-state index contributed by atoms with van der Waals surface area (Å²) < 4.78 is 63.9. The molecule has 7 rings (SSSR count). The van der Waals surface area contributed by atoms with Gasteiger partial charge in [-0.1, -0.05) is 6.58 Å². The van der Waals surface area contributed by atoms with Crippen molar-refractivity contribution in [1.29, 1.82) is 0 Å². The van der Waals surface area contributed by atoms with Crippen molar-refractivity contribution < 1.29 is 22.4 Å². The molecule has 2 fully saturated rings. The van der Waals surface area contributed by atoms with Crippen LogP contribution in [0.2, 0.25) is 0 Å². The molecule has 0 aliphatic carbocycles. The first kappa shape index (κ1) is 33.5. The van der Waals surface area contributed by atoms with Gasteiger partial charge in [-0.2, -0.15) is 23.3 Å². The highest BCUT2D eigenvalue weighted by Crippen LogP contribution is 2.51. The molecule has 3 atom stereocenters. The van der Waals surface area contributed by atoms with Crippen LogP contribution in [0.25, 0.3) is 32.9 Å². The zero-order valence-corrected chi connectivity index (χ0v) is 28.6. The van der Waals surface area contributed by atoms with E-state index in [0.29, 0.717) is 22.7 Å². The highest BCUT2D eigenvalue weighted by Gasteiger charge is 2.41. The van der Waals surface area contributed by atoms with Crippen LogP contribution in [0.15, 0.2) is 46.7 Å². The van der Waals surface area contributed by atoms with Crippen molar-refractivity contribution in [2.75, 3.05) is 63.5 Å². The van der Waals surface area contributed by atoms with Crippen LogP contribution < -0.4 is 10.6 Å². The molecule has 0 bridgehead atoms. The molecule has 10 nitrogen and oxygen atoms in total. The van der Waals surface area contributed by atoms with E-state index < -0.39 is 23.2 Å². The second-order valence-electron chi connectivity index (χ2n) is 13.3. The van der Waals surface area contributed by atoms with Crippen LogP contribution in [0.3, 0.4) is 0 Å². The third-order valence-corrected chi connectivity index (χ3v) is 11.4. The van der Waals surface area contributed by atoms with Crippen molar-refractivity contribution >= 4 is 45.3 Å². The fourth-order valence-corrected chi connectivity index (χ4v) is 8.89. The molecule has 0 spiro atoms. The maximum absolute atomic E-state index is 15.3. The van der Waals surface area contributed by atoms with Gasteiger partial charge >= 0.3 is 11.9 Å². The molecular weight excluding hydrogens is 660 g/mol. The van der Waals surface area contributed by atoms with Gasteiger partial charge in [0.15, 0.2) is 0 Å². The van der Waals surface area contributed by atoms with E-state index in [0.717, 1.165) is 38.3 Å². The van der Waals surface area contributed by atoms with Crippen LogP contribution in [0.4, 0.5) is 23.4 Å². The molecule has 2 aromatic heterocycles. The Balaban J connectivity index is 1.50. The number of halogens is 4. The lowest BCUT2D eigenvalue weighted by Crippen LogP contribution is -2.58. The Morgan fingerprint density at radius 1 is 1.06 bits per heavy atom. The number of nitrogens with zero attached hydrogens (tertiary/aromatic N) is 8. The molecule has 49 heavy (non-hydrogen) atoms. The SMILES string of the molecule is C=CC(=O)N1C[C@H](C)N(c2nc(=O)n3c4c(c(-c5ccc(F)c6cnn(C)c56)c(C(F)(F)F)cc24)SCC3CN2CCN(C)CC2)C[C@H]1C. The number of benzene rings is 2. The number of hydrogen-bond donors (Lipinski definition) is 0. The molecule has 1 amide bonds. The lowest BCUT2D eigenvalue weighted by atomic mass is 9.94. The molecule has 0 N–H and O–H groups in total. The smallest absolute Gasteiger partial charge is 0.349 e. The van der Waals surface area contributed by atoms with Gasteiger partial charge in [0.25, 0.3) is 0 Å². The number of carbonyl (C=O) groups excluding carboxylic acids is 1. The van der Waals surface area contributed by atoms with Gasteiger partial charge < -0.3 is 14.7 Å². The fourth-order valence-electron chi connectivity index (χ4n) is 7.57. The van der Waals surface area contributed by atoms with Crippen molar-refractivity contribution in [3.8, 4) is 11.1 Å². The Morgan fingerprint density at radius 2 is 1.80 bits per heavy atom. The summed E-state index contributed by atoms with van der Waals surface area (Å²) in [4.78, 5) is 39.7. The summed E-state index contributed by atoms with van der Waals surface area (Å²) in [6.45, 7) is 11.8. The highest BCUT2D eigenvalue weighted by atomic mass is 32.2. The number of likely N-dealkylation sites (N-methyl/N-ethyl adjacent to an activating group) is 1. The zero-order chi connectivity index (χ0) is 34.9. The zero-order valence-electron chi connectivity index (χ0n) is 27.8. The van der Waals surface area contributed by atoms with Crippen molar-refractivity contribution in [3.05, 3.63) is 58.9 Å². The Hall–Kier alpha value is -3.95. The quantitative estimate of drug-likeness (QED) is 0.221. The highest BCUT2D eigenvalue weighted by molar-refractivity contribution is 7.99. The van der Waals surface area contributed by atoms with Crippen LogP contribution in [0.5, 0.6) is 0 Å². The van der Waals surface area contributed by atoms with Crippen LogP contribution in [-0.2, 0) is 18.0 Å². The predicted molar refractivity (Wildman–Crippen MR) is 183 cm³/mol. The topological polar surface area (TPSA) is 82.7 Å². The summed E-state index contributed by atoms with van der Waals surface area (Å²) in [5, 5.41) is 4.49. The molecule has 0 radical (unpaired) electrons. The number of anilines is 1. The molecule has 4 aromatic rings.